The quantitative estimate of drug-likeness (QED) is 0.699. The van der Waals surface area contributed by atoms with Gasteiger partial charge in [0.1, 0.15) is 0 Å². The third-order valence-corrected chi connectivity index (χ3v) is 3.73. The van der Waals surface area contributed by atoms with Crippen molar-refractivity contribution < 1.29 is 4.79 Å². The summed E-state index contributed by atoms with van der Waals surface area (Å²) >= 11 is 0. The summed E-state index contributed by atoms with van der Waals surface area (Å²) in [5, 5.41) is 6.43. The molecule has 0 radical (unpaired) electrons. The van der Waals surface area contributed by atoms with Crippen LogP contribution in [0.5, 0.6) is 0 Å². The van der Waals surface area contributed by atoms with Gasteiger partial charge in [0.25, 0.3) is 0 Å². The Morgan fingerprint density at radius 3 is 2.44 bits per heavy atom. The maximum absolute atomic E-state index is 11.7. The van der Waals surface area contributed by atoms with Gasteiger partial charge in [-0.2, -0.15) is 0 Å². The maximum atomic E-state index is 11.7. The van der Waals surface area contributed by atoms with E-state index in [9.17, 15) is 4.79 Å². The van der Waals surface area contributed by atoms with E-state index < -0.39 is 0 Å². The predicted octanol–water partition coefficient (Wildman–Crippen LogP) is 2.85. The summed E-state index contributed by atoms with van der Waals surface area (Å²) in [6, 6.07) is 0.883. The first-order valence-corrected chi connectivity index (χ1v) is 7.60. The topological polar surface area (TPSA) is 41.1 Å². The summed E-state index contributed by atoms with van der Waals surface area (Å²) in [6.45, 7) is 7.08. The second-order valence-corrected chi connectivity index (χ2v) is 6.16. The Balaban J connectivity index is 2.03. The first-order valence-electron chi connectivity index (χ1n) is 7.60. The van der Waals surface area contributed by atoms with Crippen LogP contribution < -0.4 is 10.6 Å². The number of carbonyl (C=O) groups is 1. The zero-order valence-corrected chi connectivity index (χ0v) is 12.3. The molecular weight excluding hydrogens is 224 g/mol. The van der Waals surface area contributed by atoms with Gasteiger partial charge in [0, 0.05) is 12.1 Å². The van der Waals surface area contributed by atoms with E-state index in [1.807, 2.05) is 0 Å². The van der Waals surface area contributed by atoms with Crippen LogP contribution >= 0.6 is 0 Å². The molecule has 3 nitrogen and oxygen atoms in total. The number of carbonyl (C=O) groups excluding carboxylic acids is 1. The third kappa shape index (κ3) is 7.00. The summed E-state index contributed by atoms with van der Waals surface area (Å²) in [5.41, 5.74) is 0. The number of hydrogen-bond donors (Lipinski definition) is 2. The van der Waals surface area contributed by atoms with Crippen LogP contribution in [0.1, 0.15) is 65.7 Å². The van der Waals surface area contributed by atoms with E-state index in [1.165, 1.54) is 38.5 Å². The zero-order chi connectivity index (χ0) is 13.4. The van der Waals surface area contributed by atoms with Crippen LogP contribution in [0.25, 0.3) is 0 Å². The van der Waals surface area contributed by atoms with Crippen LogP contribution in [0.2, 0.25) is 0 Å². The molecule has 0 heterocycles. The van der Waals surface area contributed by atoms with Crippen LogP contribution in [0.15, 0.2) is 0 Å². The molecule has 0 saturated heterocycles. The first-order chi connectivity index (χ1) is 8.58. The van der Waals surface area contributed by atoms with Crippen molar-refractivity contribution in [3.05, 3.63) is 0 Å². The number of rotatable bonds is 8. The Bertz CT molecular complexity index is 235. The fourth-order valence-electron chi connectivity index (χ4n) is 2.60. The lowest BCUT2D eigenvalue weighted by molar-refractivity contribution is -0.121. The zero-order valence-electron chi connectivity index (χ0n) is 12.3. The Labute approximate surface area is 112 Å². The van der Waals surface area contributed by atoms with Gasteiger partial charge < -0.3 is 10.6 Å². The molecule has 1 atom stereocenters. The molecule has 1 saturated carbocycles. The second-order valence-electron chi connectivity index (χ2n) is 6.16. The van der Waals surface area contributed by atoms with Gasteiger partial charge >= 0.3 is 0 Å². The van der Waals surface area contributed by atoms with E-state index in [4.69, 9.17) is 0 Å². The van der Waals surface area contributed by atoms with E-state index >= 15 is 0 Å². The van der Waals surface area contributed by atoms with Gasteiger partial charge in [-0.1, -0.05) is 39.5 Å². The lowest BCUT2D eigenvalue weighted by atomic mass is 10.0. The molecule has 18 heavy (non-hydrogen) atoms. The van der Waals surface area contributed by atoms with E-state index in [2.05, 4.69) is 31.4 Å². The normalized spacial score (nSPS) is 18.2. The van der Waals surface area contributed by atoms with Crippen LogP contribution in [-0.4, -0.2) is 24.5 Å². The fraction of sp³-hybridized carbons (Fsp3) is 0.933. The van der Waals surface area contributed by atoms with Crippen molar-refractivity contribution in [2.24, 2.45) is 5.92 Å². The Kier molecular flexibility index (Phi) is 7.33. The molecule has 0 aliphatic heterocycles. The van der Waals surface area contributed by atoms with E-state index in [-0.39, 0.29) is 5.91 Å². The molecule has 0 spiro atoms. The molecule has 1 aliphatic carbocycles. The largest absolute Gasteiger partial charge is 0.353 e. The van der Waals surface area contributed by atoms with Crippen molar-refractivity contribution in [2.45, 2.75) is 77.8 Å². The minimum atomic E-state index is 0.152. The highest BCUT2D eigenvalue weighted by Gasteiger charge is 2.15. The molecule has 1 unspecified atom stereocenters. The van der Waals surface area contributed by atoms with Crippen molar-refractivity contribution in [1.82, 2.24) is 10.6 Å². The molecule has 3 heteroatoms. The molecular formula is C15H30N2O. The standard InChI is InChI=1S/C15H30N2O/c1-12(2)7-6-8-13(3)17-15(18)11-16-14-9-4-5-10-14/h12-14,16H,4-11H2,1-3H3,(H,17,18). The van der Waals surface area contributed by atoms with Crippen molar-refractivity contribution in [3.63, 3.8) is 0 Å². The smallest absolute Gasteiger partial charge is 0.234 e. The lowest BCUT2D eigenvalue weighted by Crippen LogP contribution is -2.41. The third-order valence-electron chi connectivity index (χ3n) is 3.73. The summed E-state index contributed by atoms with van der Waals surface area (Å²) in [5.74, 6) is 0.913. The number of nitrogens with one attached hydrogen (secondary N) is 2. The maximum Gasteiger partial charge on any atom is 0.234 e. The van der Waals surface area contributed by atoms with Crippen molar-refractivity contribution in [1.29, 1.82) is 0 Å². The highest BCUT2D eigenvalue weighted by molar-refractivity contribution is 5.78. The molecule has 2 N–H and O–H groups in total. The van der Waals surface area contributed by atoms with E-state index in [1.54, 1.807) is 0 Å². The van der Waals surface area contributed by atoms with Gasteiger partial charge in [-0.15, -0.1) is 0 Å². The summed E-state index contributed by atoms with van der Waals surface area (Å²) in [6.07, 6.45) is 8.63. The molecule has 0 aromatic heterocycles. The van der Waals surface area contributed by atoms with Gasteiger partial charge in [-0.25, -0.2) is 0 Å². The van der Waals surface area contributed by atoms with Gasteiger partial charge in [0.2, 0.25) is 5.91 Å². The highest BCUT2D eigenvalue weighted by atomic mass is 16.1. The van der Waals surface area contributed by atoms with Crippen LogP contribution in [-0.2, 0) is 4.79 Å². The SMILES string of the molecule is CC(C)CCCC(C)NC(=O)CNC1CCCC1. The van der Waals surface area contributed by atoms with Gasteiger partial charge in [0.15, 0.2) is 0 Å². The molecule has 0 aromatic rings. The summed E-state index contributed by atoms with van der Waals surface area (Å²) in [4.78, 5) is 11.7. The Hall–Kier alpha value is -0.570. The molecule has 1 aliphatic rings. The first kappa shape index (κ1) is 15.5. The highest BCUT2D eigenvalue weighted by Crippen LogP contribution is 2.17. The lowest BCUT2D eigenvalue weighted by Gasteiger charge is -2.16. The minimum Gasteiger partial charge on any atom is -0.353 e. The number of hydrogen-bond acceptors (Lipinski definition) is 2. The van der Waals surface area contributed by atoms with Crippen LogP contribution in [0.4, 0.5) is 0 Å². The molecule has 106 valence electrons. The monoisotopic (exact) mass is 254 g/mol. The Morgan fingerprint density at radius 1 is 1.17 bits per heavy atom. The molecule has 0 bridgehead atoms. The van der Waals surface area contributed by atoms with Crippen molar-refractivity contribution >= 4 is 5.91 Å². The number of amides is 1. The van der Waals surface area contributed by atoms with Crippen molar-refractivity contribution in [3.8, 4) is 0 Å². The van der Waals surface area contributed by atoms with Crippen LogP contribution in [0.3, 0.4) is 0 Å². The van der Waals surface area contributed by atoms with Gasteiger partial charge in [-0.3, -0.25) is 4.79 Å². The van der Waals surface area contributed by atoms with Gasteiger partial charge in [0.05, 0.1) is 6.54 Å². The average molecular weight is 254 g/mol. The molecule has 0 aromatic carbocycles. The van der Waals surface area contributed by atoms with E-state index in [0.717, 1.165) is 12.3 Å². The Morgan fingerprint density at radius 2 is 1.83 bits per heavy atom. The van der Waals surface area contributed by atoms with Crippen LogP contribution in [0, 0.1) is 5.92 Å². The fourth-order valence-corrected chi connectivity index (χ4v) is 2.60. The average Bonchev–Trinajstić information content (AvgIpc) is 2.78. The predicted molar refractivity (Wildman–Crippen MR) is 76.6 cm³/mol. The van der Waals surface area contributed by atoms with Crippen molar-refractivity contribution in [2.75, 3.05) is 6.54 Å². The molecule has 1 rings (SSSR count). The molecule has 1 fully saturated rings. The van der Waals surface area contributed by atoms with Gasteiger partial charge in [-0.05, 0) is 32.1 Å². The second kappa shape index (κ2) is 8.52. The summed E-state index contributed by atoms with van der Waals surface area (Å²) in [7, 11) is 0. The minimum absolute atomic E-state index is 0.152. The molecule has 1 amide bonds. The van der Waals surface area contributed by atoms with E-state index in [0.29, 0.717) is 18.6 Å². The summed E-state index contributed by atoms with van der Waals surface area (Å²) < 4.78 is 0.